The van der Waals surface area contributed by atoms with Gasteiger partial charge in [0.2, 0.25) is 0 Å². The van der Waals surface area contributed by atoms with Crippen LogP contribution in [0.25, 0.3) is 0 Å². The summed E-state index contributed by atoms with van der Waals surface area (Å²) in [4.78, 5) is 29.4. The zero-order chi connectivity index (χ0) is 14.1. The molecular formula is C15H9N3O2. The van der Waals surface area contributed by atoms with Crippen LogP contribution in [0.1, 0.15) is 31.8 Å². The Balaban J connectivity index is 1.92. The van der Waals surface area contributed by atoms with E-state index < -0.39 is 0 Å². The molecule has 0 fully saturated rings. The molecule has 0 unspecified atom stereocenters. The lowest BCUT2D eigenvalue weighted by atomic mass is 10.1. The van der Waals surface area contributed by atoms with E-state index in [9.17, 15) is 9.59 Å². The van der Waals surface area contributed by atoms with Gasteiger partial charge in [-0.15, -0.1) is 0 Å². The Labute approximate surface area is 115 Å². The van der Waals surface area contributed by atoms with Crippen molar-refractivity contribution >= 4 is 11.8 Å². The number of hydrogen-bond donors (Lipinski definition) is 0. The van der Waals surface area contributed by atoms with Gasteiger partial charge in [-0.3, -0.25) is 19.5 Å². The molecule has 0 bridgehead atoms. The van der Waals surface area contributed by atoms with E-state index in [1.54, 1.807) is 30.3 Å². The summed E-state index contributed by atoms with van der Waals surface area (Å²) >= 11 is 0. The fraction of sp³-hybridized carbons (Fsp3) is 0.0667. The van der Waals surface area contributed by atoms with Crippen LogP contribution in [0.3, 0.4) is 0 Å². The highest BCUT2D eigenvalue weighted by atomic mass is 16.2. The first kappa shape index (κ1) is 12.1. The first-order valence-corrected chi connectivity index (χ1v) is 6.00. The molecule has 3 rings (SSSR count). The van der Waals surface area contributed by atoms with E-state index in [0.29, 0.717) is 16.7 Å². The van der Waals surface area contributed by atoms with Crippen molar-refractivity contribution < 1.29 is 9.59 Å². The molecule has 0 saturated carbocycles. The first-order chi connectivity index (χ1) is 9.70. The average molecular weight is 263 g/mol. The number of benzene rings is 1. The molecule has 0 saturated heterocycles. The van der Waals surface area contributed by atoms with Crippen molar-refractivity contribution in [2.24, 2.45) is 0 Å². The van der Waals surface area contributed by atoms with Crippen molar-refractivity contribution in [2.75, 3.05) is 0 Å². The topological polar surface area (TPSA) is 74.1 Å². The second kappa shape index (κ2) is 4.59. The van der Waals surface area contributed by atoms with E-state index in [4.69, 9.17) is 5.26 Å². The number of carbonyl (C=O) groups is 2. The Bertz CT molecular complexity index is 727. The van der Waals surface area contributed by atoms with Gasteiger partial charge in [-0.1, -0.05) is 12.1 Å². The zero-order valence-electron chi connectivity index (χ0n) is 10.4. The molecule has 1 aliphatic heterocycles. The lowest BCUT2D eigenvalue weighted by Gasteiger charge is -2.13. The van der Waals surface area contributed by atoms with Gasteiger partial charge in [-0.05, 0) is 23.8 Å². The van der Waals surface area contributed by atoms with Crippen LogP contribution >= 0.6 is 0 Å². The largest absolute Gasteiger partial charge is 0.270 e. The molecule has 1 aromatic carbocycles. The Morgan fingerprint density at radius 1 is 1.15 bits per heavy atom. The van der Waals surface area contributed by atoms with Gasteiger partial charge in [0.05, 0.1) is 29.3 Å². The second-order valence-electron chi connectivity index (χ2n) is 4.43. The lowest BCUT2D eigenvalue weighted by molar-refractivity contribution is 0.0642. The number of aromatic nitrogens is 1. The maximum absolute atomic E-state index is 12.2. The molecule has 2 aromatic rings. The number of imide groups is 1. The van der Waals surface area contributed by atoms with Crippen LogP contribution in [0.5, 0.6) is 0 Å². The molecule has 5 heteroatoms. The predicted molar refractivity (Wildman–Crippen MR) is 69.6 cm³/mol. The van der Waals surface area contributed by atoms with E-state index in [0.717, 1.165) is 5.56 Å². The number of nitrogens with zero attached hydrogens (tertiary/aromatic N) is 3. The third-order valence-corrected chi connectivity index (χ3v) is 3.17. The Kier molecular flexibility index (Phi) is 2.77. The van der Waals surface area contributed by atoms with Gasteiger partial charge >= 0.3 is 0 Å². The molecule has 0 radical (unpaired) electrons. The minimum atomic E-state index is -0.347. The number of fused-ring (bicyclic) bond motifs is 1. The standard InChI is InChI=1S/C15H9N3O2/c16-7-10-2-1-3-11(6-10)9-18-14(19)12-4-5-17-8-13(12)15(18)20/h1-6,8H,9H2. The highest BCUT2D eigenvalue weighted by Crippen LogP contribution is 2.23. The SMILES string of the molecule is N#Cc1cccc(CN2C(=O)c3ccncc3C2=O)c1. The maximum Gasteiger partial charge on any atom is 0.263 e. The summed E-state index contributed by atoms with van der Waals surface area (Å²) in [5.41, 5.74) is 1.95. The van der Waals surface area contributed by atoms with Crippen LogP contribution in [0, 0.1) is 11.3 Å². The fourth-order valence-corrected chi connectivity index (χ4v) is 2.20. The van der Waals surface area contributed by atoms with Crippen LogP contribution in [-0.2, 0) is 6.54 Å². The molecule has 2 heterocycles. The lowest BCUT2D eigenvalue weighted by Crippen LogP contribution is -2.29. The molecule has 0 atom stereocenters. The quantitative estimate of drug-likeness (QED) is 0.773. The smallest absolute Gasteiger partial charge is 0.263 e. The predicted octanol–water partition coefficient (Wildman–Crippen LogP) is 1.75. The van der Waals surface area contributed by atoms with Gasteiger partial charge in [0, 0.05) is 12.4 Å². The molecule has 1 aliphatic rings. The molecule has 0 aliphatic carbocycles. The van der Waals surface area contributed by atoms with Gasteiger partial charge in [-0.2, -0.15) is 5.26 Å². The summed E-state index contributed by atoms with van der Waals surface area (Å²) in [6.07, 6.45) is 2.89. The maximum atomic E-state index is 12.2. The number of amides is 2. The van der Waals surface area contributed by atoms with Crippen LogP contribution < -0.4 is 0 Å². The average Bonchev–Trinajstić information content (AvgIpc) is 2.73. The number of hydrogen-bond acceptors (Lipinski definition) is 4. The second-order valence-corrected chi connectivity index (χ2v) is 4.43. The summed E-state index contributed by atoms with van der Waals surface area (Å²) in [6, 6.07) is 10.4. The van der Waals surface area contributed by atoms with Crippen molar-refractivity contribution in [3.05, 3.63) is 65.0 Å². The van der Waals surface area contributed by atoms with Crippen LogP contribution in [-0.4, -0.2) is 21.7 Å². The molecular weight excluding hydrogens is 254 g/mol. The molecule has 2 amide bonds. The summed E-state index contributed by atoms with van der Waals surface area (Å²) in [5, 5.41) is 8.86. The van der Waals surface area contributed by atoms with Gasteiger partial charge in [0.25, 0.3) is 11.8 Å². The van der Waals surface area contributed by atoms with Crippen molar-refractivity contribution in [2.45, 2.75) is 6.54 Å². The van der Waals surface area contributed by atoms with Crippen LogP contribution in [0.15, 0.2) is 42.7 Å². The Morgan fingerprint density at radius 2 is 1.95 bits per heavy atom. The molecule has 20 heavy (non-hydrogen) atoms. The number of nitriles is 1. The van der Waals surface area contributed by atoms with Crippen molar-refractivity contribution in [3.8, 4) is 6.07 Å². The fourth-order valence-electron chi connectivity index (χ4n) is 2.20. The minimum absolute atomic E-state index is 0.155. The van der Waals surface area contributed by atoms with E-state index >= 15 is 0 Å². The van der Waals surface area contributed by atoms with Crippen molar-refractivity contribution in [1.29, 1.82) is 5.26 Å². The third-order valence-electron chi connectivity index (χ3n) is 3.17. The highest BCUT2D eigenvalue weighted by molar-refractivity contribution is 6.21. The monoisotopic (exact) mass is 263 g/mol. The first-order valence-electron chi connectivity index (χ1n) is 6.00. The van der Waals surface area contributed by atoms with Gasteiger partial charge < -0.3 is 0 Å². The molecule has 96 valence electrons. The van der Waals surface area contributed by atoms with Crippen molar-refractivity contribution in [3.63, 3.8) is 0 Å². The Morgan fingerprint density at radius 3 is 2.70 bits per heavy atom. The highest BCUT2D eigenvalue weighted by Gasteiger charge is 2.35. The summed E-state index contributed by atoms with van der Waals surface area (Å²) in [5.74, 6) is -0.671. The van der Waals surface area contributed by atoms with E-state index in [2.05, 4.69) is 4.98 Å². The van der Waals surface area contributed by atoms with E-state index in [1.165, 1.54) is 17.3 Å². The van der Waals surface area contributed by atoms with Gasteiger partial charge in [0.1, 0.15) is 0 Å². The van der Waals surface area contributed by atoms with Crippen LogP contribution in [0.4, 0.5) is 0 Å². The number of pyridine rings is 1. The summed E-state index contributed by atoms with van der Waals surface area (Å²) in [6.45, 7) is 0.155. The van der Waals surface area contributed by atoms with Crippen molar-refractivity contribution in [1.82, 2.24) is 9.88 Å². The molecule has 0 N–H and O–H groups in total. The molecule has 1 aromatic heterocycles. The summed E-state index contributed by atoms with van der Waals surface area (Å²) in [7, 11) is 0. The van der Waals surface area contributed by atoms with Gasteiger partial charge in [0.15, 0.2) is 0 Å². The zero-order valence-corrected chi connectivity index (χ0v) is 10.4. The number of rotatable bonds is 2. The third kappa shape index (κ3) is 1.84. The normalized spacial score (nSPS) is 13.2. The van der Waals surface area contributed by atoms with E-state index in [-0.39, 0.29) is 18.4 Å². The summed E-state index contributed by atoms with van der Waals surface area (Å²) < 4.78 is 0. The Hall–Kier alpha value is -3.00. The minimum Gasteiger partial charge on any atom is -0.270 e. The number of carbonyl (C=O) groups excluding carboxylic acids is 2. The molecule has 5 nitrogen and oxygen atoms in total. The van der Waals surface area contributed by atoms with Crippen LogP contribution in [0.2, 0.25) is 0 Å². The molecule has 0 spiro atoms. The van der Waals surface area contributed by atoms with E-state index in [1.807, 2.05) is 6.07 Å². The van der Waals surface area contributed by atoms with Gasteiger partial charge in [-0.25, -0.2) is 0 Å².